The van der Waals surface area contributed by atoms with Gasteiger partial charge in [-0.25, -0.2) is 4.57 Å². The summed E-state index contributed by atoms with van der Waals surface area (Å²) in [6.45, 7) is 2.12. The largest absolute Gasteiger partial charge is 0.422 e. The highest BCUT2D eigenvalue weighted by Crippen LogP contribution is 2.71. The lowest BCUT2D eigenvalue weighted by molar-refractivity contribution is 0.123. The quantitative estimate of drug-likeness (QED) is 0.158. The minimum absolute atomic E-state index is 0.0476. The Hall–Kier alpha value is -1.66. The van der Waals surface area contributed by atoms with E-state index in [1.54, 1.807) is 13.1 Å². The molecule has 0 aliphatic carbocycles. The molecule has 0 saturated heterocycles. The number of hydrogen-bond acceptors (Lipinski definition) is 9. The van der Waals surface area contributed by atoms with Crippen LogP contribution in [0.25, 0.3) is 0 Å². The molecule has 0 spiro atoms. The van der Waals surface area contributed by atoms with Crippen LogP contribution in [-0.4, -0.2) is 68.3 Å². The Morgan fingerprint density at radius 2 is 1.59 bits per heavy atom. The molecule has 0 aromatic heterocycles. The van der Waals surface area contributed by atoms with Gasteiger partial charge in [-0.05, 0) is 57.2 Å². The van der Waals surface area contributed by atoms with Gasteiger partial charge in [0.2, 0.25) is 0 Å². The summed E-state index contributed by atoms with van der Waals surface area (Å²) in [7, 11) is -7.16. The molecule has 12 nitrogen and oxygen atoms in total. The van der Waals surface area contributed by atoms with Gasteiger partial charge in [0.25, 0.3) is 5.08 Å². The molecule has 0 bridgehead atoms. The standard InChI is InChI=1S/C13H24N2O8P2.C10H15NO/c1-15-9-12(16)10-4-2-5-11(8-10)23-25(21,22)13(17,6-3-7-14)24(18,19)20;1-8(11-2)10(12)9-6-4-3-5-7-9/h2,4-5,8,12,15-17H,3,6-7,9,14H2,1H3,(H,21,22)(H2,18,19,20);3-8,10-12H,1-2H3. The fraction of sp³-hybridized carbons (Fsp3) is 0.478. The van der Waals surface area contributed by atoms with Gasteiger partial charge in [0.1, 0.15) is 5.75 Å². The molecule has 5 atom stereocenters. The van der Waals surface area contributed by atoms with Crippen molar-refractivity contribution in [3.05, 3.63) is 65.7 Å². The molecule has 0 radical (unpaired) electrons. The van der Waals surface area contributed by atoms with E-state index in [1.807, 2.05) is 44.3 Å². The smallest absolute Gasteiger partial charge is 0.420 e. The molecule has 2 rings (SSSR count). The number of nitrogens with two attached hydrogens (primary N) is 1. The molecular formula is C23H39N3O9P2. The van der Waals surface area contributed by atoms with E-state index in [0.29, 0.717) is 5.56 Å². The molecule has 210 valence electrons. The summed E-state index contributed by atoms with van der Waals surface area (Å²) in [5.74, 6) is -0.224. The predicted molar refractivity (Wildman–Crippen MR) is 141 cm³/mol. The fourth-order valence-electron chi connectivity index (χ4n) is 3.19. The van der Waals surface area contributed by atoms with Crippen LogP contribution in [0.15, 0.2) is 54.6 Å². The minimum atomic E-state index is -5.42. The van der Waals surface area contributed by atoms with Gasteiger partial charge in [-0.3, -0.25) is 4.57 Å². The van der Waals surface area contributed by atoms with Crippen LogP contribution < -0.4 is 20.9 Å². The third-order valence-corrected chi connectivity index (χ3v) is 9.86. The molecule has 37 heavy (non-hydrogen) atoms. The monoisotopic (exact) mass is 563 g/mol. The van der Waals surface area contributed by atoms with Crippen LogP contribution in [0.4, 0.5) is 0 Å². The highest BCUT2D eigenvalue weighted by molar-refractivity contribution is 7.72. The van der Waals surface area contributed by atoms with Crippen LogP contribution >= 0.6 is 15.2 Å². The first-order chi connectivity index (χ1) is 17.2. The molecule has 2 aromatic carbocycles. The second kappa shape index (κ2) is 15.1. The third kappa shape index (κ3) is 9.55. The van der Waals surface area contributed by atoms with E-state index in [4.69, 9.17) is 10.3 Å². The maximum Gasteiger partial charge on any atom is 0.420 e. The normalized spacial score (nSPS) is 17.4. The topological polar surface area (TPSA) is 215 Å². The van der Waals surface area contributed by atoms with E-state index >= 15 is 0 Å². The summed E-state index contributed by atoms with van der Waals surface area (Å²) in [4.78, 5) is 28.8. The van der Waals surface area contributed by atoms with Crippen molar-refractivity contribution < 1.29 is 43.7 Å². The van der Waals surface area contributed by atoms with Crippen LogP contribution in [0, 0.1) is 0 Å². The molecule has 0 aliphatic rings. The van der Waals surface area contributed by atoms with Crippen LogP contribution in [0.2, 0.25) is 0 Å². The summed E-state index contributed by atoms with van der Waals surface area (Å²) >= 11 is 0. The molecule has 2 aromatic rings. The van der Waals surface area contributed by atoms with Crippen molar-refractivity contribution in [2.75, 3.05) is 27.2 Å². The Balaban J connectivity index is 0.000000474. The van der Waals surface area contributed by atoms with Crippen molar-refractivity contribution in [1.29, 1.82) is 0 Å². The van der Waals surface area contributed by atoms with Gasteiger partial charge >= 0.3 is 15.2 Å². The lowest BCUT2D eigenvalue weighted by atomic mass is 10.0. The number of aliphatic hydroxyl groups is 3. The predicted octanol–water partition coefficient (Wildman–Crippen LogP) is 1.39. The van der Waals surface area contributed by atoms with Gasteiger partial charge in [0.05, 0.1) is 12.2 Å². The molecule has 10 N–H and O–H groups in total. The van der Waals surface area contributed by atoms with Crippen molar-refractivity contribution in [3.8, 4) is 5.75 Å². The lowest BCUT2D eigenvalue weighted by Gasteiger charge is -2.32. The summed E-state index contributed by atoms with van der Waals surface area (Å²) in [6, 6.07) is 15.2. The number of aliphatic hydroxyl groups excluding tert-OH is 2. The Bertz CT molecular complexity index is 1040. The molecule has 0 aliphatic heterocycles. The van der Waals surface area contributed by atoms with E-state index in [1.165, 1.54) is 18.2 Å². The Morgan fingerprint density at radius 3 is 2.11 bits per heavy atom. The van der Waals surface area contributed by atoms with E-state index in [2.05, 4.69) is 10.6 Å². The second-order valence-electron chi connectivity index (χ2n) is 8.40. The number of likely N-dealkylation sites (N-methyl/N-ethyl adjacent to an activating group) is 2. The van der Waals surface area contributed by atoms with E-state index in [9.17, 15) is 39.1 Å². The third-order valence-electron chi connectivity index (χ3n) is 5.57. The number of nitrogens with one attached hydrogen (secondary N) is 2. The number of benzene rings is 2. The minimum Gasteiger partial charge on any atom is -0.422 e. The van der Waals surface area contributed by atoms with Crippen molar-refractivity contribution in [2.24, 2.45) is 5.73 Å². The Kier molecular flexibility index (Phi) is 13.6. The van der Waals surface area contributed by atoms with Crippen LogP contribution in [0.1, 0.15) is 43.1 Å². The maximum absolute atomic E-state index is 12.4. The SMILES string of the molecule is CNC(C)C(O)c1ccccc1.CNCC(O)c1cccc(OP(=O)(O)C(O)(CCCN)P(=O)(O)O)c1. The van der Waals surface area contributed by atoms with Crippen molar-refractivity contribution in [2.45, 2.75) is 43.1 Å². The second-order valence-corrected chi connectivity index (χ2v) is 12.5. The molecule has 0 fully saturated rings. The molecule has 0 amide bonds. The highest BCUT2D eigenvalue weighted by Gasteiger charge is 2.61. The first-order valence-corrected chi connectivity index (χ1v) is 14.8. The van der Waals surface area contributed by atoms with E-state index in [-0.39, 0.29) is 31.3 Å². The van der Waals surface area contributed by atoms with Crippen molar-refractivity contribution in [1.82, 2.24) is 10.6 Å². The summed E-state index contributed by atoms with van der Waals surface area (Å²) in [6.07, 6.45) is -2.17. The zero-order chi connectivity index (χ0) is 28.3. The van der Waals surface area contributed by atoms with Crippen LogP contribution in [0.3, 0.4) is 0 Å². The zero-order valence-corrected chi connectivity index (χ0v) is 22.9. The van der Waals surface area contributed by atoms with Gasteiger partial charge in [-0.1, -0.05) is 42.5 Å². The number of hydrogen-bond donors (Lipinski definition) is 9. The highest BCUT2D eigenvalue weighted by atomic mass is 31.2. The summed E-state index contributed by atoms with van der Waals surface area (Å²) < 4.78 is 28.9. The Morgan fingerprint density at radius 1 is 1.00 bits per heavy atom. The number of rotatable bonds is 13. The molecule has 5 unspecified atom stereocenters. The van der Waals surface area contributed by atoms with Gasteiger partial charge in [-0.2, -0.15) is 0 Å². The average molecular weight is 564 g/mol. The maximum atomic E-state index is 12.4. The van der Waals surface area contributed by atoms with E-state index in [0.717, 1.165) is 5.56 Å². The molecule has 0 saturated carbocycles. The molecule has 14 heteroatoms. The van der Waals surface area contributed by atoms with Gasteiger partial charge < -0.3 is 50.9 Å². The molecule has 0 heterocycles. The van der Waals surface area contributed by atoms with E-state index < -0.39 is 38.9 Å². The Labute approximate surface area is 217 Å². The van der Waals surface area contributed by atoms with Crippen LogP contribution in [-0.2, 0) is 9.13 Å². The lowest BCUT2D eigenvalue weighted by Crippen LogP contribution is -2.31. The van der Waals surface area contributed by atoms with Crippen molar-refractivity contribution in [3.63, 3.8) is 0 Å². The first-order valence-electron chi connectivity index (χ1n) is 11.6. The average Bonchev–Trinajstić information content (AvgIpc) is 2.86. The van der Waals surface area contributed by atoms with Gasteiger partial charge in [0.15, 0.2) is 0 Å². The van der Waals surface area contributed by atoms with Crippen LogP contribution in [0.5, 0.6) is 5.75 Å². The van der Waals surface area contributed by atoms with Crippen molar-refractivity contribution >= 4 is 15.2 Å². The zero-order valence-electron chi connectivity index (χ0n) is 21.1. The van der Waals surface area contributed by atoms with Gasteiger partial charge in [0, 0.05) is 19.0 Å². The first kappa shape index (κ1) is 33.4. The summed E-state index contributed by atoms with van der Waals surface area (Å²) in [5.41, 5.74) is 6.56. The molecular weight excluding hydrogens is 524 g/mol. The fourth-order valence-corrected chi connectivity index (χ4v) is 6.07. The summed E-state index contributed by atoms with van der Waals surface area (Å²) in [5, 5.41) is 32.3. The van der Waals surface area contributed by atoms with Gasteiger partial charge in [-0.15, -0.1) is 0 Å².